The Labute approximate surface area is 209 Å². The highest BCUT2D eigenvalue weighted by molar-refractivity contribution is 6.07. The number of nitrogens with one attached hydrogen (secondary N) is 2. The van der Waals surface area contributed by atoms with E-state index in [0.717, 1.165) is 16.9 Å². The second kappa shape index (κ2) is 11.0. The molecule has 0 saturated heterocycles. The second-order valence-corrected chi connectivity index (χ2v) is 8.71. The third-order valence-corrected chi connectivity index (χ3v) is 5.60. The summed E-state index contributed by atoms with van der Waals surface area (Å²) in [6, 6.07) is 12.9. The van der Waals surface area contributed by atoms with Gasteiger partial charge in [0.25, 0.3) is 11.8 Å². The van der Waals surface area contributed by atoms with E-state index in [2.05, 4.69) is 41.7 Å². The van der Waals surface area contributed by atoms with Crippen LogP contribution in [0.2, 0.25) is 0 Å². The van der Waals surface area contributed by atoms with E-state index in [-0.39, 0.29) is 30.3 Å². The molecule has 2 N–H and O–H groups in total. The number of furan rings is 2. The molecule has 36 heavy (non-hydrogen) atoms. The number of hydrogen-bond acceptors (Lipinski definition) is 6. The zero-order chi connectivity index (χ0) is 25.7. The van der Waals surface area contributed by atoms with Crippen LogP contribution in [0.15, 0.2) is 63.8 Å². The van der Waals surface area contributed by atoms with E-state index in [1.807, 2.05) is 19.9 Å². The fourth-order valence-corrected chi connectivity index (χ4v) is 3.66. The molecule has 0 atom stereocenters. The van der Waals surface area contributed by atoms with Gasteiger partial charge in [-0.05, 0) is 61.2 Å². The molecule has 4 rings (SSSR count). The molecule has 0 aliphatic rings. The standard InChI is InChI=1S/C27H30N4O5/c1-5-31-15-22(25(30-31)27(33)28-14-19-7-6-12-34-19)29-26(32)23-11-9-20(36-23)16-35-24-13-18(4)8-10-21(24)17(2)3/h6-13,15,17H,5,14,16H2,1-4H3,(H,28,33)(H,29,32). The lowest BCUT2D eigenvalue weighted by atomic mass is 10.0. The predicted octanol–water partition coefficient (Wildman–Crippen LogP) is 5.28. The Bertz CT molecular complexity index is 1330. The number of hydrogen-bond donors (Lipinski definition) is 2. The normalized spacial score (nSPS) is 11.0. The summed E-state index contributed by atoms with van der Waals surface area (Å²) >= 11 is 0. The van der Waals surface area contributed by atoms with Gasteiger partial charge in [-0.3, -0.25) is 14.3 Å². The summed E-state index contributed by atoms with van der Waals surface area (Å²) in [4.78, 5) is 25.6. The molecule has 3 heterocycles. The summed E-state index contributed by atoms with van der Waals surface area (Å²) in [5.41, 5.74) is 2.60. The Morgan fingerprint density at radius 3 is 2.67 bits per heavy atom. The summed E-state index contributed by atoms with van der Waals surface area (Å²) in [6.45, 7) is 9.05. The van der Waals surface area contributed by atoms with Gasteiger partial charge >= 0.3 is 0 Å². The van der Waals surface area contributed by atoms with Gasteiger partial charge in [0.1, 0.15) is 23.9 Å². The molecule has 9 nitrogen and oxygen atoms in total. The SMILES string of the molecule is CCn1cc(NC(=O)c2ccc(COc3cc(C)ccc3C(C)C)o2)c(C(=O)NCc2ccco2)n1. The van der Waals surface area contributed by atoms with Crippen LogP contribution in [-0.2, 0) is 19.7 Å². The van der Waals surface area contributed by atoms with Crippen molar-refractivity contribution in [2.24, 2.45) is 0 Å². The Morgan fingerprint density at radius 2 is 1.94 bits per heavy atom. The van der Waals surface area contributed by atoms with Gasteiger partial charge < -0.3 is 24.2 Å². The van der Waals surface area contributed by atoms with E-state index in [0.29, 0.717) is 24.0 Å². The van der Waals surface area contributed by atoms with Gasteiger partial charge in [-0.15, -0.1) is 0 Å². The summed E-state index contributed by atoms with van der Waals surface area (Å²) in [5.74, 6) is 1.42. The first-order valence-corrected chi connectivity index (χ1v) is 11.9. The summed E-state index contributed by atoms with van der Waals surface area (Å²) in [5, 5.41) is 9.76. The molecule has 0 bridgehead atoms. The van der Waals surface area contributed by atoms with E-state index in [1.54, 1.807) is 35.1 Å². The number of carbonyl (C=O) groups excluding carboxylic acids is 2. The number of rotatable bonds is 10. The number of nitrogens with zero attached hydrogens (tertiary/aromatic N) is 2. The molecule has 4 aromatic rings. The highest BCUT2D eigenvalue weighted by atomic mass is 16.5. The minimum absolute atomic E-state index is 0.104. The van der Waals surface area contributed by atoms with E-state index in [9.17, 15) is 9.59 Å². The lowest BCUT2D eigenvalue weighted by Gasteiger charge is -2.14. The fraction of sp³-hybridized carbons (Fsp3) is 0.296. The maximum absolute atomic E-state index is 12.9. The van der Waals surface area contributed by atoms with Crippen LogP contribution in [0.1, 0.15) is 70.4 Å². The van der Waals surface area contributed by atoms with E-state index < -0.39 is 11.8 Å². The first-order chi connectivity index (χ1) is 17.3. The van der Waals surface area contributed by atoms with Gasteiger partial charge in [-0.1, -0.05) is 26.0 Å². The molecular formula is C27H30N4O5. The topological polar surface area (TPSA) is 112 Å². The molecule has 9 heteroatoms. The molecule has 1 aromatic carbocycles. The Morgan fingerprint density at radius 1 is 1.11 bits per heavy atom. The molecule has 0 radical (unpaired) electrons. The van der Waals surface area contributed by atoms with Crippen LogP contribution < -0.4 is 15.4 Å². The highest BCUT2D eigenvalue weighted by Crippen LogP contribution is 2.28. The third-order valence-electron chi connectivity index (χ3n) is 5.60. The van der Waals surface area contributed by atoms with Gasteiger partial charge in [0, 0.05) is 12.7 Å². The summed E-state index contributed by atoms with van der Waals surface area (Å²) in [7, 11) is 0. The Balaban J connectivity index is 1.42. The molecular weight excluding hydrogens is 460 g/mol. The minimum Gasteiger partial charge on any atom is -0.485 e. The summed E-state index contributed by atoms with van der Waals surface area (Å²) < 4.78 is 18.5. The lowest BCUT2D eigenvalue weighted by Crippen LogP contribution is -2.25. The molecule has 0 spiro atoms. The number of aryl methyl sites for hydroxylation is 2. The molecule has 0 saturated carbocycles. The Hall–Kier alpha value is -4.27. The molecule has 0 fully saturated rings. The number of aromatic nitrogens is 2. The Kier molecular flexibility index (Phi) is 7.58. The number of amides is 2. The number of carbonyl (C=O) groups is 2. The number of benzene rings is 1. The largest absolute Gasteiger partial charge is 0.485 e. The maximum Gasteiger partial charge on any atom is 0.291 e. The second-order valence-electron chi connectivity index (χ2n) is 8.71. The minimum atomic E-state index is -0.490. The lowest BCUT2D eigenvalue weighted by molar-refractivity contribution is 0.0943. The van der Waals surface area contributed by atoms with Crippen molar-refractivity contribution in [2.45, 2.75) is 53.3 Å². The van der Waals surface area contributed by atoms with Gasteiger partial charge in [0.2, 0.25) is 0 Å². The zero-order valence-electron chi connectivity index (χ0n) is 20.8. The van der Waals surface area contributed by atoms with Crippen molar-refractivity contribution >= 4 is 17.5 Å². The van der Waals surface area contributed by atoms with Crippen molar-refractivity contribution in [3.63, 3.8) is 0 Å². The average molecular weight is 491 g/mol. The van der Waals surface area contributed by atoms with Crippen LogP contribution in [0, 0.1) is 6.92 Å². The molecule has 0 unspecified atom stereocenters. The maximum atomic E-state index is 12.9. The fourth-order valence-electron chi connectivity index (χ4n) is 3.66. The van der Waals surface area contributed by atoms with Crippen LogP contribution in [0.4, 0.5) is 5.69 Å². The average Bonchev–Trinajstić information content (AvgIpc) is 3.62. The molecule has 0 aliphatic carbocycles. The van der Waals surface area contributed by atoms with Gasteiger partial charge in [0.15, 0.2) is 11.5 Å². The van der Waals surface area contributed by atoms with Crippen LogP contribution in [0.25, 0.3) is 0 Å². The van der Waals surface area contributed by atoms with Crippen LogP contribution >= 0.6 is 0 Å². The molecule has 3 aromatic heterocycles. The monoisotopic (exact) mass is 490 g/mol. The smallest absolute Gasteiger partial charge is 0.291 e. The van der Waals surface area contributed by atoms with Gasteiger partial charge in [-0.25, -0.2) is 0 Å². The van der Waals surface area contributed by atoms with Crippen LogP contribution in [0.3, 0.4) is 0 Å². The third kappa shape index (κ3) is 5.86. The highest BCUT2D eigenvalue weighted by Gasteiger charge is 2.21. The van der Waals surface area contributed by atoms with Crippen molar-refractivity contribution < 1.29 is 23.2 Å². The first kappa shape index (κ1) is 24.8. The zero-order valence-corrected chi connectivity index (χ0v) is 20.8. The number of ether oxygens (including phenoxy) is 1. The number of anilines is 1. The van der Waals surface area contributed by atoms with Crippen molar-refractivity contribution in [2.75, 3.05) is 5.32 Å². The van der Waals surface area contributed by atoms with Gasteiger partial charge in [-0.2, -0.15) is 5.10 Å². The predicted molar refractivity (Wildman–Crippen MR) is 134 cm³/mol. The molecule has 0 aliphatic heterocycles. The van der Waals surface area contributed by atoms with Crippen LogP contribution in [-0.4, -0.2) is 21.6 Å². The van der Waals surface area contributed by atoms with Crippen molar-refractivity contribution in [1.82, 2.24) is 15.1 Å². The van der Waals surface area contributed by atoms with Crippen molar-refractivity contribution in [3.05, 3.63) is 89.0 Å². The summed E-state index contributed by atoms with van der Waals surface area (Å²) in [6.07, 6.45) is 3.14. The van der Waals surface area contributed by atoms with E-state index in [4.69, 9.17) is 13.6 Å². The molecule has 188 valence electrons. The first-order valence-electron chi connectivity index (χ1n) is 11.9. The van der Waals surface area contributed by atoms with Gasteiger partial charge in [0.05, 0.1) is 18.5 Å². The molecule has 2 amide bonds. The van der Waals surface area contributed by atoms with E-state index in [1.165, 1.54) is 6.26 Å². The van der Waals surface area contributed by atoms with Crippen molar-refractivity contribution in [3.8, 4) is 5.75 Å². The van der Waals surface area contributed by atoms with Crippen molar-refractivity contribution in [1.29, 1.82) is 0 Å². The van der Waals surface area contributed by atoms with E-state index >= 15 is 0 Å². The van der Waals surface area contributed by atoms with Crippen LogP contribution in [0.5, 0.6) is 5.75 Å². The quantitative estimate of drug-likeness (QED) is 0.313.